The fraction of sp³-hybridized carbons (Fsp3) is 0.760. The van der Waals surface area contributed by atoms with E-state index in [0.29, 0.717) is 11.0 Å². The summed E-state index contributed by atoms with van der Waals surface area (Å²) in [5.41, 5.74) is 3.68. The van der Waals surface area contributed by atoms with Crippen LogP contribution in [-0.2, 0) is 13.0 Å². The zero-order valence-electron chi connectivity index (χ0n) is 18.7. The molecule has 2 saturated heterocycles. The van der Waals surface area contributed by atoms with Crippen molar-refractivity contribution in [3.8, 4) is 0 Å². The van der Waals surface area contributed by atoms with E-state index in [1.165, 1.54) is 56.6 Å². The van der Waals surface area contributed by atoms with Gasteiger partial charge in [-0.1, -0.05) is 45.0 Å². The van der Waals surface area contributed by atoms with Gasteiger partial charge in [0.25, 0.3) is 0 Å². The standard InChI is InChI=1S/C25H42N2/c1-24(2,3)16-21-7-9-22(10-8-21)17-26-13-11-20(12-14-26)15-23-18-27(19-23)25(4,5)6/h7-10,20,23H,11-19H2,1-6H3. The van der Waals surface area contributed by atoms with Crippen LogP contribution in [0.4, 0.5) is 0 Å². The molecule has 0 unspecified atom stereocenters. The predicted molar refractivity (Wildman–Crippen MR) is 117 cm³/mol. The predicted octanol–water partition coefficient (Wildman–Crippen LogP) is 5.61. The zero-order valence-corrected chi connectivity index (χ0v) is 18.7. The molecular formula is C25H42N2. The first-order chi connectivity index (χ1) is 12.6. The third-order valence-electron chi connectivity index (χ3n) is 6.44. The number of nitrogens with zero attached hydrogens (tertiary/aromatic N) is 2. The maximum Gasteiger partial charge on any atom is 0.0233 e. The lowest BCUT2D eigenvalue weighted by Crippen LogP contribution is -2.56. The van der Waals surface area contributed by atoms with Crippen LogP contribution in [0.15, 0.2) is 24.3 Å². The second kappa shape index (κ2) is 8.25. The van der Waals surface area contributed by atoms with Crippen molar-refractivity contribution in [1.29, 1.82) is 0 Å². The van der Waals surface area contributed by atoms with Gasteiger partial charge in [0.05, 0.1) is 0 Å². The molecule has 0 aromatic heterocycles. The average Bonchev–Trinajstić information content (AvgIpc) is 2.51. The summed E-state index contributed by atoms with van der Waals surface area (Å²) in [5, 5.41) is 0. The Morgan fingerprint density at radius 1 is 0.815 bits per heavy atom. The number of likely N-dealkylation sites (tertiary alicyclic amines) is 2. The highest BCUT2D eigenvalue weighted by Gasteiger charge is 2.35. The van der Waals surface area contributed by atoms with Crippen molar-refractivity contribution < 1.29 is 0 Å². The summed E-state index contributed by atoms with van der Waals surface area (Å²) in [7, 11) is 0. The van der Waals surface area contributed by atoms with Crippen LogP contribution in [0.1, 0.15) is 71.9 Å². The Bertz CT molecular complexity index is 576. The SMILES string of the molecule is CC(C)(C)Cc1ccc(CN2CCC(CC3CN(C(C)(C)C)C3)CC2)cc1. The third-order valence-corrected chi connectivity index (χ3v) is 6.44. The molecular weight excluding hydrogens is 328 g/mol. The van der Waals surface area contributed by atoms with Crippen molar-refractivity contribution in [3.05, 3.63) is 35.4 Å². The van der Waals surface area contributed by atoms with Crippen molar-refractivity contribution in [2.45, 2.75) is 79.3 Å². The minimum absolute atomic E-state index is 0.363. The maximum absolute atomic E-state index is 2.66. The lowest BCUT2D eigenvalue weighted by Gasteiger charge is -2.49. The van der Waals surface area contributed by atoms with Crippen LogP contribution in [0.25, 0.3) is 0 Å². The van der Waals surface area contributed by atoms with Crippen LogP contribution in [0.2, 0.25) is 0 Å². The van der Waals surface area contributed by atoms with Gasteiger partial charge in [0.2, 0.25) is 0 Å². The lowest BCUT2D eigenvalue weighted by molar-refractivity contribution is -0.00147. The van der Waals surface area contributed by atoms with Crippen LogP contribution < -0.4 is 0 Å². The molecule has 2 fully saturated rings. The molecule has 2 nitrogen and oxygen atoms in total. The topological polar surface area (TPSA) is 6.48 Å². The number of benzene rings is 1. The Hall–Kier alpha value is -0.860. The van der Waals surface area contributed by atoms with Crippen LogP contribution in [0.3, 0.4) is 0 Å². The van der Waals surface area contributed by atoms with Crippen molar-refractivity contribution in [2.24, 2.45) is 17.3 Å². The van der Waals surface area contributed by atoms with Crippen molar-refractivity contribution in [3.63, 3.8) is 0 Å². The molecule has 0 bridgehead atoms. The molecule has 0 aliphatic carbocycles. The number of piperidine rings is 1. The summed E-state index contributed by atoms with van der Waals surface area (Å²) in [4.78, 5) is 5.30. The van der Waals surface area contributed by atoms with Gasteiger partial charge in [0.1, 0.15) is 0 Å². The van der Waals surface area contributed by atoms with E-state index < -0.39 is 0 Å². The van der Waals surface area contributed by atoms with Gasteiger partial charge in [0, 0.05) is 25.2 Å². The molecule has 0 spiro atoms. The van der Waals surface area contributed by atoms with Gasteiger partial charge in [-0.3, -0.25) is 9.80 Å². The Morgan fingerprint density at radius 2 is 1.37 bits per heavy atom. The zero-order chi connectivity index (χ0) is 19.7. The normalized spacial score (nSPS) is 21.4. The van der Waals surface area contributed by atoms with E-state index in [1.807, 2.05) is 0 Å². The van der Waals surface area contributed by atoms with Crippen LogP contribution in [-0.4, -0.2) is 41.5 Å². The largest absolute Gasteiger partial charge is 0.299 e. The Labute approximate surface area is 168 Å². The van der Waals surface area contributed by atoms with E-state index in [1.54, 1.807) is 0 Å². The highest BCUT2D eigenvalue weighted by molar-refractivity contribution is 5.23. The smallest absolute Gasteiger partial charge is 0.0233 e. The first kappa shape index (κ1) is 20.9. The van der Waals surface area contributed by atoms with E-state index >= 15 is 0 Å². The van der Waals surface area contributed by atoms with E-state index in [0.717, 1.165) is 24.8 Å². The molecule has 0 atom stereocenters. The van der Waals surface area contributed by atoms with Crippen LogP contribution in [0, 0.1) is 17.3 Å². The second-order valence-corrected chi connectivity index (χ2v) is 11.5. The molecule has 0 N–H and O–H groups in total. The molecule has 2 heteroatoms. The maximum atomic E-state index is 2.66. The summed E-state index contributed by atoms with van der Waals surface area (Å²) in [6, 6.07) is 9.38. The molecule has 2 aliphatic heterocycles. The molecule has 0 radical (unpaired) electrons. The summed E-state index contributed by atoms with van der Waals surface area (Å²) >= 11 is 0. The molecule has 0 saturated carbocycles. The molecule has 2 heterocycles. The van der Waals surface area contributed by atoms with Crippen LogP contribution in [0.5, 0.6) is 0 Å². The van der Waals surface area contributed by atoms with Gasteiger partial charge in [0.15, 0.2) is 0 Å². The Morgan fingerprint density at radius 3 is 1.89 bits per heavy atom. The summed E-state index contributed by atoms with van der Waals surface area (Å²) in [6.45, 7) is 20.3. The minimum atomic E-state index is 0.363. The highest BCUT2D eigenvalue weighted by atomic mass is 15.2. The first-order valence-electron chi connectivity index (χ1n) is 11.1. The Balaban J connectivity index is 1.37. The molecule has 0 amide bonds. The van der Waals surface area contributed by atoms with E-state index in [2.05, 4.69) is 75.6 Å². The molecule has 2 aliphatic rings. The fourth-order valence-corrected chi connectivity index (χ4v) is 4.75. The monoisotopic (exact) mass is 370 g/mol. The summed E-state index contributed by atoms with van der Waals surface area (Å²) in [6.07, 6.45) is 5.41. The first-order valence-corrected chi connectivity index (χ1v) is 11.1. The van der Waals surface area contributed by atoms with Gasteiger partial charge in [-0.15, -0.1) is 0 Å². The van der Waals surface area contributed by atoms with Gasteiger partial charge >= 0.3 is 0 Å². The van der Waals surface area contributed by atoms with Gasteiger partial charge < -0.3 is 0 Å². The third kappa shape index (κ3) is 6.32. The average molecular weight is 371 g/mol. The number of hydrogen-bond acceptors (Lipinski definition) is 2. The van der Waals surface area contributed by atoms with Crippen LogP contribution >= 0.6 is 0 Å². The van der Waals surface area contributed by atoms with E-state index in [9.17, 15) is 0 Å². The van der Waals surface area contributed by atoms with Crippen molar-refractivity contribution in [1.82, 2.24) is 9.80 Å². The van der Waals surface area contributed by atoms with E-state index in [4.69, 9.17) is 0 Å². The quantitative estimate of drug-likeness (QED) is 0.665. The van der Waals surface area contributed by atoms with Crippen molar-refractivity contribution in [2.75, 3.05) is 26.2 Å². The van der Waals surface area contributed by atoms with Gasteiger partial charge in [-0.05, 0) is 87.9 Å². The number of hydrogen-bond donors (Lipinski definition) is 0. The minimum Gasteiger partial charge on any atom is -0.299 e. The Kier molecular flexibility index (Phi) is 6.37. The summed E-state index contributed by atoms with van der Waals surface area (Å²) in [5.74, 6) is 1.92. The van der Waals surface area contributed by atoms with Crippen molar-refractivity contribution >= 4 is 0 Å². The second-order valence-electron chi connectivity index (χ2n) is 11.5. The molecule has 152 valence electrons. The van der Waals surface area contributed by atoms with Gasteiger partial charge in [-0.2, -0.15) is 0 Å². The molecule has 27 heavy (non-hydrogen) atoms. The molecule has 1 aromatic rings. The summed E-state index contributed by atoms with van der Waals surface area (Å²) < 4.78 is 0. The fourth-order valence-electron chi connectivity index (χ4n) is 4.75. The van der Waals surface area contributed by atoms with E-state index in [-0.39, 0.29) is 0 Å². The highest BCUT2D eigenvalue weighted by Crippen LogP contribution is 2.33. The van der Waals surface area contributed by atoms with Gasteiger partial charge in [-0.25, -0.2) is 0 Å². The number of rotatable bonds is 5. The lowest BCUT2D eigenvalue weighted by atomic mass is 9.82. The molecule has 3 rings (SSSR count). The molecule has 1 aromatic carbocycles.